The number of ether oxygens (including phenoxy) is 1. The number of rotatable bonds is 5. The highest BCUT2D eigenvalue weighted by Crippen LogP contribution is 2.04. The topological polar surface area (TPSA) is 86.3 Å². The molecule has 0 aliphatic carbocycles. The van der Waals surface area contributed by atoms with Crippen LogP contribution in [0.3, 0.4) is 0 Å². The molecular formula is C15H29N5O3. The summed E-state index contributed by atoms with van der Waals surface area (Å²) in [6, 6.07) is 0.151. The Bertz CT molecular complexity index is 417. The van der Waals surface area contributed by atoms with Gasteiger partial charge in [-0.1, -0.05) is 0 Å². The molecule has 0 aromatic carbocycles. The van der Waals surface area contributed by atoms with E-state index in [9.17, 15) is 9.59 Å². The van der Waals surface area contributed by atoms with Crippen LogP contribution < -0.4 is 10.6 Å². The lowest BCUT2D eigenvalue weighted by Crippen LogP contribution is -2.54. The second-order valence-corrected chi connectivity index (χ2v) is 5.62. The van der Waals surface area contributed by atoms with Gasteiger partial charge in [0.25, 0.3) is 0 Å². The number of hydrogen-bond donors (Lipinski definition) is 2. The van der Waals surface area contributed by atoms with Gasteiger partial charge in [-0.15, -0.1) is 0 Å². The zero-order chi connectivity index (χ0) is 17.2. The van der Waals surface area contributed by atoms with Crippen LogP contribution in [0, 0.1) is 0 Å². The molecule has 8 heteroatoms. The predicted octanol–water partition coefficient (Wildman–Crippen LogP) is 0.251. The van der Waals surface area contributed by atoms with Gasteiger partial charge in [0.1, 0.15) is 0 Å². The van der Waals surface area contributed by atoms with Crippen molar-refractivity contribution in [1.29, 1.82) is 0 Å². The summed E-state index contributed by atoms with van der Waals surface area (Å²) in [7, 11) is 1.72. The van der Waals surface area contributed by atoms with Gasteiger partial charge >= 0.3 is 6.09 Å². The van der Waals surface area contributed by atoms with Crippen LogP contribution in [0.4, 0.5) is 4.79 Å². The first-order valence-corrected chi connectivity index (χ1v) is 8.14. The van der Waals surface area contributed by atoms with Crippen LogP contribution in [0.25, 0.3) is 0 Å². The smallest absolute Gasteiger partial charge is 0.409 e. The Morgan fingerprint density at radius 3 is 2.30 bits per heavy atom. The zero-order valence-electron chi connectivity index (χ0n) is 14.6. The molecule has 0 bridgehead atoms. The van der Waals surface area contributed by atoms with Gasteiger partial charge in [0.15, 0.2) is 5.96 Å². The molecule has 0 saturated carbocycles. The molecule has 0 aromatic rings. The van der Waals surface area contributed by atoms with Crippen LogP contribution >= 0.6 is 0 Å². The number of nitrogens with zero attached hydrogens (tertiary/aromatic N) is 3. The fourth-order valence-electron chi connectivity index (χ4n) is 2.33. The molecule has 0 spiro atoms. The second-order valence-electron chi connectivity index (χ2n) is 5.62. The molecule has 1 saturated heterocycles. The normalized spacial score (nSPS) is 15.6. The van der Waals surface area contributed by atoms with Gasteiger partial charge in [-0.3, -0.25) is 9.79 Å². The van der Waals surface area contributed by atoms with Crippen molar-refractivity contribution in [2.75, 3.05) is 46.4 Å². The number of nitrogens with one attached hydrogen (secondary N) is 2. The van der Waals surface area contributed by atoms with Crippen molar-refractivity contribution in [2.24, 2.45) is 4.99 Å². The number of amides is 2. The first-order valence-electron chi connectivity index (χ1n) is 8.14. The van der Waals surface area contributed by atoms with Crippen molar-refractivity contribution >= 4 is 18.0 Å². The van der Waals surface area contributed by atoms with Crippen LogP contribution in [0.5, 0.6) is 0 Å². The molecule has 1 aliphatic heterocycles. The van der Waals surface area contributed by atoms with Crippen molar-refractivity contribution in [3.05, 3.63) is 0 Å². The molecule has 23 heavy (non-hydrogen) atoms. The highest BCUT2D eigenvalue weighted by molar-refractivity contribution is 5.81. The van der Waals surface area contributed by atoms with Gasteiger partial charge in [0.05, 0.1) is 6.61 Å². The second kappa shape index (κ2) is 9.91. The average Bonchev–Trinajstić information content (AvgIpc) is 2.51. The summed E-state index contributed by atoms with van der Waals surface area (Å²) in [6.07, 6.45) is 0.139. The molecule has 0 aromatic heterocycles. The fourth-order valence-corrected chi connectivity index (χ4v) is 2.33. The maximum Gasteiger partial charge on any atom is 0.409 e. The number of carbonyl (C=O) groups excluding carboxylic acids is 2. The highest BCUT2D eigenvalue weighted by atomic mass is 16.6. The molecule has 0 radical (unpaired) electrons. The van der Waals surface area contributed by atoms with Gasteiger partial charge in [-0.05, 0) is 20.8 Å². The van der Waals surface area contributed by atoms with Crippen molar-refractivity contribution < 1.29 is 14.3 Å². The van der Waals surface area contributed by atoms with Crippen LogP contribution in [0.2, 0.25) is 0 Å². The van der Waals surface area contributed by atoms with E-state index in [-0.39, 0.29) is 18.0 Å². The fraction of sp³-hybridized carbons (Fsp3) is 0.800. The minimum absolute atomic E-state index is 0.0232. The van der Waals surface area contributed by atoms with Crippen molar-refractivity contribution in [2.45, 2.75) is 33.2 Å². The molecule has 2 N–H and O–H groups in total. The van der Waals surface area contributed by atoms with Crippen LogP contribution in [-0.2, 0) is 9.53 Å². The van der Waals surface area contributed by atoms with Crippen LogP contribution in [0.15, 0.2) is 4.99 Å². The van der Waals surface area contributed by atoms with Crippen LogP contribution in [-0.4, -0.2) is 80.2 Å². The van der Waals surface area contributed by atoms with E-state index in [1.165, 1.54) is 0 Å². The molecule has 132 valence electrons. The minimum atomic E-state index is -0.263. The third-order valence-electron chi connectivity index (χ3n) is 3.40. The molecule has 1 rings (SSSR count). The molecule has 0 unspecified atom stereocenters. The Morgan fingerprint density at radius 1 is 1.17 bits per heavy atom. The lowest BCUT2D eigenvalue weighted by Gasteiger charge is -2.35. The van der Waals surface area contributed by atoms with Crippen LogP contribution in [0.1, 0.15) is 27.2 Å². The Labute approximate surface area is 138 Å². The van der Waals surface area contributed by atoms with E-state index < -0.39 is 0 Å². The maximum absolute atomic E-state index is 11.7. The standard InChI is InChI=1S/C15H29N5O3/c1-5-23-15(22)20-10-8-19(9-11-20)14(16-4)17-7-6-13(21)18-12(2)3/h12H,5-11H2,1-4H3,(H,16,17)(H,18,21). The first-order chi connectivity index (χ1) is 11.0. The molecule has 2 amide bonds. The van der Waals surface area contributed by atoms with E-state index in [2.05, 4.69) is 20.5 Å². The lowest BCUT2D eigenvalue weighted by atomic mass is 10.3. The number of aliphatic imine (C=N–C) groups is 1. The highest BCUT2D eigenvalue weighted by Gasteiger charge is 2.23. The average molecular weight is 327 g/mol. The van der Waals surface area contributed by atoms with Gasteiger partial charge in [-0.25, -0.2) is 4.79 Å². The van der Waals surface area contributed by atoms with Gasteiger partial charge in [0, 0.05) is 52.2 Å². The Kier molecular flexibility index (Phi) is 8.21. The van der Waals surface area contributed by atoms with E-state index in [1.807, 2.05) is 13.8 Å². The Hall–Kier alpha value is -1.99. The number of piperazine rings is 1. The largest absolute Gasteiger partial charge is 0.450 e. The summed E-state index contributed by atoms with van der Waals surface area (Å²) in [5, 5.41) is 6.05. The molecule has 0 atom stereocenters. The SMILES string of the molecule is CCOC(=O)N1CCN(C(=NC)NCCC(=O)NC(C)C)CC1. The minimum Gasteiger partial charge on any atom is -0.450 e. The summed E-state index contributed by atoms with van der Waals surface area (Å²) in [5.41, 5.74) is 0. The number of hydrogen-bond acceptors (Lipinski definition) is 4. The quantitative estimate of drug-likeness (QED) is 0.558. The summed E-state index contributed by atoms with van der Waals surface area (Å²) in [5.74, 6) is 0.779. The van der Waals surface area contributed by atoms with E-state index in [1.54, 1.807) is 18.9 Å². The van der Waals surface area contributed by atoms with Crippen molar-refractivity contribution in [1.82, 2.24) is 20.4 Å². The monoisotopic (exact) mass is 327 g/mol. The summed E-state index contributed by atoms with van der Waals surface area (Å²) in [4.78, 5) is 31.3. The van der Waals surface area contributed by atoms with Crippen molar-refractivity contribution in [3.63, 3.8) is 0 Å². The molecule has 1 aliphatic rings. The van der Waals surface area contributed by atoms with Gasteiger partial charge in [-0.2, -0.15) is 0 Å². The van der Waals surface area contributed by atoms with E-state index >= 15 is 0 Å². The number of guanidine groups is 1. The van der Waals surface area contributed by atoms with Gasteiger partial charge in [0.2, 0.25) is 5.91 Å². The van der Waals surface area contributed by atoms with E-state index in [0.29, 0.717) is 45.8 Å². The molecule has 1 heterocycles. The maximum atomic E-state index is 11.7. The summed E-state index contributed by atoms with van der Waals surface area (Å²) in [6.45, 7) is 9.19. The Morgan fingerprint density at radius 2 is 1.78 bits per heavy atom. The zero-order valence-corrected chi connectivity index (χ0v) is 14.6. The van der Waals surface area contributed by atoms with Crippen molar-refractivity contribution in [3.8, 4) is 0 Å². The first kappa shape index (κ1) is 19.1. The molecular weight excluding hydrogens is 298 g/mol. The van der Waals surface area contributed by atoms with E-state index in [0.717, 1.165) is 5.96 Å². The third-order valence-corrected chi connectivity index (χ3v) is 3.40. The summed E-state index contributed by atoms with van der Waals surface area (Å²) >= 11 is 0. The number of carbonyl (C=O) groups is 2. The molecule has 1 fully saturated rings. The van der Waals surface area contributed by atoms with Gasteiger partial charge < -0.3 is 25.2 Å². The van der Waals surface area contributed by atoms with E-state index in [4.69, 9.17) is 4.74 Å². The molecule has 8 nitrogen and oxygen atoms in total. The summed E-state index contributed by atoms with van der Waals surface area (Å²) < 4.78 is 5.00. The third kappa shape index (κ3) is 6.75. The lowest BCUT2D eigenvalue weighted by molar-refractivity contribution is -0.121. The Balaban J connectivity index is 2.34. The predicted molar refractivity (Wildman–Crippen MR) is 89.4 cm³/mol.